The first-order valence-electron chi connectivity index (χ1n) is 6.43. The molecule has 0 aromatic rings. The van der Waals surface area contributed by atoms with Crippen molar-refractivity contribution in [2.45, 2.75) is 57.4 Å². The molecule has 0 N–H and O–H groups in total. The molecular formula is C13H23NO. The fourth-order valence-corrected chi connectivity index (χ4v) is 3.44. The van der Waals surface area contributed by atoms with Crippen molar-refractivity contribution in [2.75, 3.05) is 13.6 Å². The molecule has 2 aliphatic rings. The van der Waals surface area contributed by atoms with E-state index in [0.29, 0.717) is 5.78 Å². The minimum atomic E-state index is -0.0375. The second-order valence-electron chi connectivity index (χ2n) is 5.36. The van der Waals surface area contributed by atoms with Crippen molar-refractivity contribution in [3.8, 4) is 0 Å². The van der Waals surface area contributed by atoms with Crippen LogP contribution in [0.25, 0.3) is 0 Å². The van der Waals surface area contributed by atoms with Crippen LogP contribution in [-0.2, 0) is 4.79 Å². The van der Waals surface area contributed by atoms with E-state index in [1.54, 1.807) is 0 Å². The maximum absolute atomic E-state index is 12.0. The van der Waals surface area contributed by atoms with Gasteiger partial charge in [0.05, 0.1) is 5.54 Å². The number of ketones is 1. The molecule has 0 amide bonds. The molecule has 1 spiro atoms. The first-order valence-corrected chi connectivity index (χ1v) is 6.43. The van der Waals surface area contributed by atoms with Crippen LogP contribution < -0.4 is 0 Å². The minimum Gasteiger partial charge on any atom is -0.298 e. The lowest BCUT2D eigenvalue weighted by molar-refractivity contribution is -0.126. The monoisotopic (exact) mass is 209 g/mol. The fraction of sp³-hybridized carbons (Fsp3) is 0.923. The summed E-state index contributed by atoms with van der Waals surface area (Å²) in [5.41, 5.74) is -0.0375. The van der Waals surface area contributed by atoms with Crippen LogP contribution in [0.15, 0.2) is 0 Å². The van der Waals surface area contributed by atoms with E-state index >= 15 is 0 Å². The number of carbonyl (C=O) groups is 1. The molecule has 15 heavy (non-hydrogen) atoms. The molecule has 2 rings (SSSR count). The molecular weight excluding hydrogens is 186 g/mol. The van der Waals surface area contributed by atoms with Gasteiger partial charge in [-0.15, -0.1) is 0 Å². The quantitative estimate of drug-likeness (QED) is 0.697. The van der Waals surface area contributed by atoms with Crippen molar-refractivity contribution >= 4 is 5.78 Å². The van der Waals surface area contributed by atoms with Crippen molar-refractivity contribution in [1.82, 2.24) is 4.90 Å². The maximum Gasteiger partial charge on any atom is 0.154 e. The van der Waals surface area contributed by atoms with Crippen LogP contribution in [0.3, 0.4) is 0 Å². The van der Waals surface area contributed by atoms with Crippen molar-refractivity contribution in [3.05, 3.63) is 0 Å². The summed E-state index contributed by atoms with van der Waals surface area (Å²) in [6.07, 6.45) is 8.21. The van der Waals surface area contributed by atoms with E-state index in [4.69, 9.17) is 0 Å². The Morgan fingerprint density at radius 1 is 1.40 bits per heavy atom. The van der Waals surface area contributed by atoms with Gasteiger partial charge in [-0.3, -0.25) is 9.69 Å². The lowest BCUT2D eigenvalue weighted by Crippen LogP contribution is -2.49. The molecule has 1 saturated heterocycles. The van der Waals surface area contributed by atoms with E-state index in [9.17, 15) is 4.79 Å². The zero-order chi connectivity index (χ0) is 10.9. The van der Waals surface area contributed by atoms with Gasteiger partial charge in [0, 0.05) is 13.0 Å². The van der Waals surface area contributed by atoms with Crippen LogP contribution in [0.2, 0.25) is 0 Å². The van der Waals surface area contributed by atoms with Gasteiger partial charge in [-0.25, -0.2) is 0 Å². The van der Waals surface area contributed by atoms with Gasteiger partial charge in [-0.1, -0.05) is 19.8 Å². The highest BCUT2D eigenvalue weighted by atomic mass is 16.1. The largest absolute Gasteiger partial charge is 0.298 e. The van der Waals surface area contributed by atoms with Crippen LogP contribution in [0.4, 0.5) is 0 Å². The predicted molar refractivity (Wildman–Crippen MR) is 61.9 cm³/mol. The van der Waals surface area contributed by atoms with Crippen LogP contribution in [0, 0.1) is 5.92 Å². The highest BCUT2D eigenvalue weighted by molar-refractivity contribution is 5.90. The molecule has 2 heteroatoms. The van der Waals surface area contributed by atoms with Gasteiger partial charge >= 0.3 is 0 Å². The molecule has 1 saturated carbocycles. The third-order valence-corrected chi connectivity index (χ3v) is 4.55. The molecule has 2 nitrogen and oxygen atoms in total. The second kappa shape index (κ2) is 4.25. The van der Waals surface area contributed by atoms with Gasteiger partial charge in [-0.05, 0) is 38.6 Å². The number of likely N-dealkylation sites (tertiary alicyclic amines) is 1. The number of carbonyl (C=O) groups excluding carboxylic acids is 1. The summed E-state index contributed by atoms with van der Waals surface area (Å²) in [5, 5.41) is 0. The molecule has 0 unspecified atom stereocenters. The summed E-state index contributed by atoms with van der Waals surface area (Å²) in [5.74, 6) is 1.40. The number of Topliss-reactive ketones (excluding diaryl/α,β-unsaturated/α-hetero) is 1. The van der Waals surface area contributed by atoms with Crippen molar-refractivity contribution in [3.63, 3.8) is 0 Å². The Bertz CT molecular complexity index is 241. The number of hydrogen-bond donors (Lipinski definition) is 0. The van der Waals surface area contributed by atoms with E-state index in [-0.39, 0.29) is 5.54 Å². The number of likely N-dealkylation sites (N-methyl/N-ethyl adjacent to an activating group) is 1. The molecule has 0 radical (unpaired) electrons. The normalized spacial score (nSPS) is 37.7. The average molecular weight is 209 g/mol. The predicted octanol–water partition coefficient (Wildman–Crippen LogP) is 2.62. The Balaban J connectivity index is 1.99. The molecule has 1 aliphatic carbocycles. The Morgan fingerprint density at radius 2 is 2.07 bits per heavy atom. The molecule has 0 atom stereocenters. The van der Waals surface area contributed by atoms with Crippen LogP contribution in [0.5, 0.6) is 0 Å². The standard InChI is InChI=1S/C13H23NO/c1-3-4-11-5-8-13(9-6-11)12(15)7-10-14(13)2/h11H,3-10H2,1-2H3. The summed E-state index contributed by atoms with van der Waals surface area (Å²) in [7, 11) is 2.13. The lowest BCUT2D eigenvalue weighted by Gasteiger charge is -2.40. The molecule has 1 aliphatic heterocycles. The summed E-state index contributed by atoms with van der Waals surface area (Å²) in [6.45, 7) is 3.24. The molecule has 2 fully saturated rings. The van der Waals surface area contributed by atoms with Crippen LogP contribution >= 0.6 is 0 Å². The average Bonchev–Trinajstić information content (AvgIpc) is 2.51. The van der Waals surface area contributed by atoms with Gasteiger partial charge in [0.25, 0.3) is 0 Å². The third-order valence-electron chi connectivity index (χ3n) is 4.55. The fourth-order valence-electron chi connectivity index (χ4n) is 3.44. The van der Waals surface area contributed by atoms with E-state index < -0.39 is 0 Å². The van der Waals surface area contributed by atoms with Crippen molar-refractivity contribution in [2.24, 2.45) is 5.92 Å². The molecule has 0 bridgehead atoms. The zero-order valence-electron chi connectivity index (χ0n) is 10.1. The summed E-state index contributed by atoms with van der Waals surface area (Å²) in [4.78, 5) is 14.3. The summed E-state index contributed by atoms with van der Waals surface area (Å²) < 4.78 is 0. The van der Waals surface area contributed by atoms with Crippen molar-refractivity contribution < 1.29 is 4.79 Å². The first-order chi connectivity index (χ1) is 7.19. The Morgan fingerprint density at radius 3 is 2.53 bits per heavy atom. The van der Waals surface area contributed by atoms with E-state index in [0.717, 1.165) is 31.7 Å². The topological polar surface area (TPSA) is 20.3 Å². The van der Waals surface area contributed by atoms with Gasteiger partial charge in [-0.2, -0.15) is 0 Å². The maximum atomic E-state index is 12.0. The molecule has 0 aromatic heterocycles. The highest BCUT2D eigenvalue weighted by Gasteiger charge is 2.47. The smallest absolute Gasteiger partial charge is 0.154 e. The van der Waals surface area contributed by atoms with E-state index in [2.05, 4.69) is 18.9 Å². The van der Waals surface area contributed by atoms with Crippen LogP contribution in [0.1, 0.15) is 51.9 Å². The SMILES string of the molecule is CCCC1CCC2(CC1)C(=O)CCN2C. The zero-order valence-corrected chi connectivity index (χ0v) is 10.1. The summed E-state index contributed by atoms with van der Waals surface area (Å²) >= 11 is 0. The van der Waals surface area contributed by atoms with Gasteiger partial charge < -0.3 is 0 Å². The van der Waals surface area contributed by atoms with Gasteiger partial charge in [0.15, 0.2) is 5.78 Å². The van der Waals surface area contributed by atoms with Gasteiger partial charge in [0.1, 0.15) is 0 Å². The van der Waals surface area contributed by atoms with E-state index in [1.807, 2.05) is 0 Å². The molecule has 1 heterocycles. The Kier molecular flexibility index (Phi) is 3.15. The lowest BCUT2D eigenvalue weighted by atomic mass is 9.73. The van der Waals surface area contributed by atoms with Crippen molar-refractivity contribution in [1.29, 1.82) is 0 Å². The Hall–Kier alpha value is -0.370. The van der Waals surface area contributed by atoms with E-state index in [1.165, 1.54) is 25.7 Å². The number of hydrogen-bond acceptors (Lipinski definition) is 2. The van der Waals surface area contributed by atoms with Gasteiger partial charge in [0.2, 0.25) is 0 Å². The third kappa shape index (κ3) is 1.84. The first kappa shape index (κ1) is 11.1. The van der Waals surface area contributed by atoms with Crippen LogP contribution in [-0.4, -0.2) is 29.8 Å². The minimum absolute atomic E-state index is 0.0375. The Labute approximate surface area is 93.0 Å². The molecule has 86 valence electrons. The second-order valence-corrected chi connectivity index (χ2v) is 5.36. The number of nitrogens with zero attached hydrogens (tertiary/aromatic N) is 1. The highest BCUT2D eigenvalue weighted by Crippen LogP contribution is 2.41. The number of rotatable bonds is 2. The summed E-state index contributed by atoms with van der Waals surface area (Å²) in [6, 6.07) is 0. The molecule has 0 aromatic carbocycles.